The molecule has 6 heteroatoms. The molecule has 0 aliphatic carbocycles. The number of pyridine rings is 1. The average molecular weight is 267 g/mol. The minimum absolute atomic E-state index is 0.00615. The molecule has 0 atom stereocenters. The third-order valence-corrected chi connectivity index (χ3v) is 3.33. The normalized spacial score (nSPS) is 14.2. The van der Waals surface area contributed by atoms with Crippen molar-refractivity contribution in [3.8, 4) is 17.5 Å². The van der Waals surface area contributed by atoms with Crippen LogP contribution in [0.3, 0.4) is 0 Å². The molecular formula is C14H13N5O. The quantitative estimate of drug-likeness (QED) is 0.886. The van der Waals surface area contributed by atoms with E-state index >= 15 is 0 Å². The van der Waals surface area contributed by atoms with Crippen LogP contribution in [-0.2, 0) is 0 Å². The smallest absolute Gasteiger partial charge is 0.270 e. The summed E-state index contributed by atoms with van der Waals surface area (Å²) in [4.78, 5) is 25.4. The molecule has 1 aliphatic rings. The van der Waals surface area contributed by atoms with Gasteiger partial charge < -0.3 is 4.90 Å². The lowest BCUT2D eigenvalue weighted by Gasteiger charge is -2.16. The number of nitrogens with zero attached hydrogens (tertiary/aromatic N) is 4. The molecule has 1 fully saturated rings. The molecule has 0 amide bonds. The van der Waals surface area contributed by atoms with E-state index in [0.29, 0.717) is 17.3 Å². The molecule has 100 valence electrons. The second-order valence-electron chi connectivity index (χ2n) is 4.63. The predicted molar refractivity (Wildman–Crippen MR) is 74.3 cm³/mol. The number of nitrogens with one attached hydrogen (secondary N) is 1. The van der Waals surface area contributed by atoms with Gasteiger partial charge in [0.15, 0.2) is 0 Å². The molecule has 3 rings (SSSR count). The second kappa shape index (κ2) is 5.13. The van der Waals surface area contributed by atoms with Gasteiger partial charge in [0, 0.05) is 19.3 Å². The van der Waals surface area contributed by atoms with Crippen LogP contribution in [-0.4, -0.2) is 28.0 Å². The van der Waals surface area contributed by atoms with Gasteiger partial charge in [-0.25, -0.2) is 4.98 Å². The number of rotatable bonds is 2. The number of aromatic amines is 1. The zero-order chi connectivity index (χ0) is 13.9. The number of hydrogen-bond donors (Lipinski definition) is 1. The fourth-order valence-corrected chi connectivity index (χ4v) is 2.33. The van der Waals surface area contributed by atoms with Gasteiger partial charge in [0.2, 0.25) is 5.95 Å². The average Bonchev–Trinajstić information content (AvgIpc) is 3.01. The molecule has 0 spiro atoms. The van der Waals surface area contributed by atoms with E-state index < -0.39 is 5.56 Å². The number of aromatic nitrogens is 3. The van der Waals surface area contributed by atoms with Gasteiger partial charge in [-0.3, -0.25) is 14.8 Å². The van der Waals surface area contributed by atoms with Crippen molar-refractivity contribution in [2.24, 2.45) is 0 Å². The first-order valence-electron chi connectivity index (χ1n) is 6.50. The fraction of sp³-hybridized carbons (Fsp3) is 0.286. The van der Waals surface area contributed by atoms with Gasteiger partial charge in [-0.15, -0.1) is 0 Å². The highest BCUT2D eigenvalue weighted by molar-refractivity contribution is 5.63. The van der Waals surface area contributed by atoms with Crippen molar-refractivity contribution in [2.75, 3.05) is 18.0 Å². The molecule has 1 aliphatic heterocycles. The lowest BCUT2D eigenvalue weighted by atomic mass is 10.2. The fourth-order valence-electron chi connectivity index (χ4n) is 2.33. The summed E-state index contributed by atoms with van der Waals surface area (Å²) in [5.74, 6) is 0.521. The third kappa shape index (κ3) is 2.14. The van der Waals surface area contributed by atoms with Crippen LogP contribution in [0.1, 0.15) is 18.4 Å². The SMILES string of the molecule is N#Cc1c(-c2ccccn2)nc(N2CCCC2)[nH]c1=O. The Labute approximate surface area is 115 Å². The highest BCUT2D eigenvalue weighted by atomic mass is 16.1. The standard InChI is InChI=1S/C14H13N5O/c15-9-10-12(11-5-1-2-6-16-11)17-14(18-13(10)20)19-7-3-4-8-19/h1-2,5-6H,3-4,7-8H2,(H,17,18,20). The molecule has 2 aromatic heterocycles. The second-order valence-corrected chi connectivity index (χ2v) is 4.63. The van der Waals surface area contributed by atoms with E-state index in [0.717, 1.165) is 25.9 Å². The summed E-state index contributed by atoms with van der Waals surface area (Å²) in [7, 11) is 0. The Bertz CT molecular complexity index is 711. The highest BCUT2D eigenvalue weighted by Crippen LogP contribution is 2.20. The van der Waals surface area contributed by atoms with E-state index in [1.54, 1.807) is 18.3 Å². The van der Waals surface area contributed by atoms with Crippen molar-refractivity contribution in [1.29, 1.82) is 5.26 Å². The molecule has 0 unspecified atom stereocenters. The minimum atomic E-state index is -0.412. The number of H-pyrrole nitrogens is 1. The predicted octanol–water partition coefficient (Wildman–Crippen LogP) is 1.30. The van der Waals surface area contributed by atoms with E-state index in [4.69, 9.17) is 5.26 Å². The van der Waals surface area contributed by atoms with Gasteiger partial charge in [0.05, 0.1) is 5.69 Å². The summed E-state index contributed by atoms with van der Waals surface area (Å²) in [6.07, 6.45) is 3.79. The Morgan fingerprint density at radius 1 is 1.30 bits per heavy atom. The highest BCUT2D eigenvalue weighted by Gasteiger charge is 2.19. The van der Waals surface area contributed by atoms with Crippen LogP contribution in [0.4, 0.5) is 5.95 Å². The zero-order valence-corrected chi connectivity index (χ0v) is 10.8. The lowest BCUT2D eigenvalue weighted by molar-refractivity contribution is 0.888. The first kappa shape index (κ1) is 12.4. The molecule has 6 nitrogen and oxygen atoms in total. The van der Waals surface area contributed by atoms with Crippen molar-refractivity contribution >= 4 is 5.95 Å². The van der Waals surface area contributed by atoms with Crippen LogP contribution in [0.5, 0.6) is 0 Å². The van der Waals surface area contributed by atoms with Crippen LogP contribution in [0.15, 0.2) is 29.2 Å². The van der Waals surface area contributed by atoms with Crippen molar-refractivity contribution in [3.05, 3.63) is 40.3 Å². The largest absolute Gasteiger partial charge is 0.342 e. The molecule has 0 radical (unpaired) electrons. The van der Waals surface area contributed by atoms with Gasteiger partial charge in [0.25, 0.3) is 5.56 Å². The molecule has 1 N–H and O–H groups in total. The maximum atomic E-state index is 12.0. The molecule has 3 heterocycles. The van der Waals surface area contributed by atoms with E-state index in [1.165, 1.54) is 0 Å². The van der Waals surface area contributed by atoms with Crippen molar-refractivity contribution in [2.45, 2.75) is 12.8 Å². The number of anilines is 1. The third-order valence-electron chi connectivity index (χ3n) is 3.33. The van der Waals surface area contributed by atoms with E-state index in [-0.39, 0.29) is 5.56 Å². The van der Waals surface area contributed by atoms with E-state index in [1.807, 2.05) is 17.0 Å². The van der Waals surface area contributed by atoms with Gasteiger partial charge in [-0.05, 0) is 25.0 Å². The van der Waals surface area contributed by atoms with Crippen LogP contribution in [0, 0.1) is 11.3 Å². The van der Waals surface area contributed by atoms with Crippen LogP contribution < -0.4 is 10.5 Å². The zero-order valence-electron chi connectivity index (χ0n) is 10.8. The molecule has 2 aromatic rings. The molecule has 1 saturated heterocycles. The van der Waals surface area contributed by atoms with Crippen molar-refractivity contribution in [3.63, 3.8) is 0 Å². The van der Waals surface area contributed by atoms with Crippen LogP contribution >= 0.6 is 0 Å². The Hall–Kier alpha value is -2.68. The van der Waals surface area contributed by atoms with Gasteiger partial charge in [-0.1, -0.05) is 6.07 Å². The summed E-state index contributed by atoms with van der Waals surface area (Å²) < 4.78 is 0. The van der Waals surface area contributed by atoms with Crippen LogP contribution in [0.2, 0.25) is 0 Å². The monoisotopic (exact) mass is 267 g/mol. The van der Waals surface area contributed by atoms with Gasteiger partial charge in [0.1, 0.15) is 17.3 Å². The Morgan fingerprint density at radius 3 is 2.75 bits per heavy atom. The summed E-state index contributed by atoms with van der Waals surface area (Å²) in [5.41, 5.74) is 0.478. The number of hydrogen-bond acceptors (Lipinski definition) is 5. The summed E-state index contributed by atoms with van der Waals surface area (Å²) in [6.45, 7) is 1.74. The topological polar surface area (TPSA) is 85.7 Å². The van der Waals surface area contributed by atoms with Gasteiger partial charge in [-0.2, -0.15) is 5.26 Å². The minimum Gasteiger partial charge on any atom is -0.342 e. The number of nitriles is 1. The Kier molecular flexibility index (Phi) is 3.17. The van der Waals surface area contributed by atoms with Crippen LogP contribution in [0.25, 0.3) is 11.4 Å². The summed E-state index contributed by atoms with van der Waals surface area (Å²) in [6, 6.07) is 7.25. The maximum absolute atomic E-state index is 12.0. The molecule has 0 bridgehead atoms. The molecule has 20 heavy (non-hydrogen) atoms. The van der Waals surface area contributed by atoms with E-state index in [2.05, 4.69) is 15.0 Å². The van der Waals surface area contributed by atoms with Crippen molar-refractivity contribution < 1.29 is 0 Å². The molecular weight excluding hydrogens is 254 g/mol. The molecule has 0 aromatic carbocycles. The van der Waals surface area contributed by atoms with Crippen molar-refractivity contribution in [1.82, 2.24) is 15.0 Å². The van der Waals surface area contributed by atoms with Gasteiger partial charge >= 0.3 is 0 Å². The van der Waals surface area contributed by atoms with E-state index in [9.17, 15) is 4.79 Å². The lowest BCUT2D eigenvalue weighted by Crippen LogP contribution is -2.25. The maximum Gasteiger partial charge on any atom is 0.270 e. The Morgan fingerprint density at radius 2 is 2.10 bits per heavy atom. The Balaban J connectivity index is 2.16. The summed E-state index contributed by atoms with van der Waals surface area (Å²) in [5, 5.41) is 9.17. The molecule has 0 saturated carbocycles. The first-order chi connectivity index (χ1) is 9.79. The summed E-state index contributed by atoms with van der Waals surface area (Å²) >= 11 is 0. The first-order valence-corrected chi connectivity index (χ1v) is 6.50.